The van der Waals surface area contributed by atoms with Gasteiger partial charge in [0.05, 0.1) is 23.5 Å². The van der Waals surface area contributed by atoms with E-state index in [0.717, 1.165) is 64.5 Å². The Morgan fingerprint density at radius 1 is 1.06 bits per heavy atom. The Morgan fingerprint density at radius 2 is 1.81 bits per heavy atom. The number of rotatable bonds is 2. The lowest BCUT2D eigenvalue weighted by Crippen LogP contribution is -2.69. The van der Waals surface area contributed by atoms with Crippen molar-refractivity contribution in [3.05, 3.63) is 11.6 Å². The lowest BCUT2D eigenvalue weighted by Gasteiger charge is -2.61. The van der Waals surface area contributed by atoms with Crippen molar-refractivity contribution in [2.45, 2.75) is 103 Å². The van der Waals surface area contributed by atoms with Crippen LogP contribution in [-0.2, 0) is 0 Å². The van der Waals surface area contributed by atoms with Gasteiger partial charge in [-0.2, -0.15) is 0 Å². The van der Waals surface area contributed by atoms with E-state index in [0.29, 0.717) is 23.5 Å². The van der Waals surface area contributed by atoms with E-state index in [9.17, 15) is 15.4 Å². The van der Waals surface area contributed by atoms with E-state index in [1.54, 1.807) is 0 Å². The first-order chi connectivity index (χ1) is 14.8. The number of allylic oxidation sites excluding steroid dienone is 1. The summed E-state index contributed by atoms with van der Waals surface area (Å²) in [6, 6.07) is 0. The Labute approximate surface area is 187 Å². The fourth-order valence-corrected chi connectivity index (χ4v) is 9.44. The summed E-state index contributed by atoms with van der Waals surface area (Å²) >= 11 is 0. The second-order valence-electron chi connectivity index (χ2n) is 11.9. The molecule has 3 saturated carbocycles. The molecule has 0 radical (unpaired) electrons. The van der Waals surface area contributed by atoms with Gasteiger partial charge >= 0.3 is 0 Å². The first kappa shape index (κ1) is 21.9. The van der Waals surface area contributed by atoms with E-state index in [2.05, 4.69) is 30.0 Å². The van der Waals surface area contributed by atoms with Gasteiger partial charge in [0.15, 0.2) is 0 Å². The summed E-state index contributed by atoms with van der Waals surface area (Å²) in [5.41, 5.74) is 1.77. The Kier molecular flexibility index (Phi) is 5.35. The van der Waals surface area contributed by atoms with Gasteiger partial charge in [0.25, 0.3) is 0 Å². The molecule has 4 fully saturated rings. The molecule has 0 aromatic heterocycles. The van der Waals surface area contributed by atoms with Crippen LogP contribution in [0.1, 0.15) is 85.0 Å². The van der Waals surface area contributed by atoms with E-state index in [-0.39, 0.29) is 16.9 Å². The normalized spacial score (nSPS) is 50.9. The monoisotopic (exact) mass is 430 g/mol. The Bertz CT molecular complexity index is 775. The average Bonchev–Trinajstić information content (AvgIpc) is 3.01. The van der Waals surface area contributed by atoms with Crippen molar-refractivity contribution in [1.82, 2.24) is 4.90 Å². The van der Waals surface area contributed by atoms with Gasteiger partial charge in [0.2, 0.25) is 0 Å². The van der Waals surface area contributed by atoms with Crippen molar-refractivity contribution in [2.24, 2.45) is 33.7 Å². The molecule has 5 rings (SSSR count). The lowest BCUT2D eigenvalue weighted by atomic mass is 9.46. The highest BCUT2D eigenvalue weighted by Crippen LogP contribution is 2.68. The third-order valence-corrected chi connectivity index (χ3v) is 10.9. The average molecular weight is 431 g/mol. The Hall–Kier alpha value is -0.910. The van der Waals surface area contributed by atoms with Gasteiger partial charge < -0.3 is 15.4 Å². The molecule has 4 aliphatic carbocycles. The number of hydrogen-bond donors (Lipinski definition) is 3. The number of piperidine rings is 1. The van der Waals surface area contributed by atoms with Crippen LogP contribution in [0.4, 0.5) is 0 Å². The molecule has 1 heterocycles. The molecule has 3 N–H and O–H groups in total. The number of hydrogen-bond acceptors (Lipinski definition) is 5. The minimum atomic E-state index is -0.550. The highest BCUT2D eigenvalue weighted by Gasteiger charge is 2.70. The van der Waals surface area contributed by atoms with Crippen LogP contribution in [0.25, 0.3) is 0 Å². The van der Waals surface area contributed by atoms with Crippen LogP contribution in [0.15, 0.2) is 16.8 Å². The summed E-state index contributed by atoms with van der Waals surface area (Å²) < 4.78 is 0. The van der Waals surface area contributed by atoms with Crippen LogP contribution >= 0.6 is 0 Å². The van der Waals surface area contributed by atoms with E-state index in [4.69, 9.17) is 0 Å². The number of aliphatic hydroxyl groups excluding tert-OH is 2. The molecule has 1 saturated heterocycles. The highest BCUT2D eigenvalue weighted by molar-refractivity contribution is 5.93. The second kappa shape index (κ2) is 7.56. The molecule has 5 aliphatic rings. The molecule has 0 aromatic rings. The van der Waals surface area contributed by atoms with Gasteiger partial charge in [-0.1, -0.05) is 37.1 Å². The summed E-state index contributed by atoms with van der Waals surface area (Å²) in [6.07, 6.45) is 12.3. The number of likely N-dealkylation sites (tertiary alicyclic amines) is 1. The van der Waals surface area contributed by atoms with Gasteiger partial charge in [0.1, 0.15) is 0 Å². The SMILES string of the molecule is CC(=NO)[C@]1(N2CCCCC2)[C@H](O)C[C@@H]2[C@H]3CC=C4C[C@@H](O)CC[C@]4(C)[C@H]3CC[C@@]21C. The zero-order valence-corrected chi connectivity index (χ0v) is 19.7. The smallest absolute Gasteiger partial charge is 0.0943 e. The van der Waals surface area contributed by atoms with Crippen LogP contribution in [0, 0.1) is 28.6 Å². The number of oxime groups is 1. The van der Waals surface area contributed by atoms with E-state index in [1.807, 2.05) is 6.92 Å². The van der Waals surface area contributed by atoms with Crippen LogP contribution in [0.5, 0.6) is 0 Å². The summed E-state index contributed by atoms with van der Waals surface area (Å²) in [5.74, 6) is 1.63. The molecule has 31 heavy (non-hydrogen) atoms. The number of nitrogens with zero attached hydrogens (tertiary/aromatic N) is 2. The molecule has 0 spiro atoms. The summed E-state index contributed by atoms with van der Waals surface area (Å²) in [6.45, 7) is 8.77. The van der Waals surface area contributed by atoms with Crippen molar-refractivity contribution in [2.75, 3.05) is 13.1 Å². The van der Waals surface area contributed by atoms with Gasteiger partial charge in [0, 0.05) is 0 Å². The molecule has 8 atom stereocenters. The largest absolute Gasteiger partial charge is 0.411 e. The quantitative estimate of drug-likeness (QED) is 0.263. The summed E-state index contributed by atoms with van der Waals surface area (Å²) in [7, 11) is 0. The summed E-state index contributed by atoms with van der Waals surface area (Å²) in [4.78, 5) is 2.50. The highest BCUT2D eigenvalue weighted by atomic mass is 16.4. The number of aliphatic hydroxyl groups is 2. The van der Waals surface area contributed by atoms with E-state index in [1.165, 1.54) is 18.4 Å². The Morgan fingerprint density at radius 3 is 2.52 bits per heavy atom. The first-order valence-corrected chi connectivity index (χ1v) is 12.8. The predicted molar refractivity (Wildman–Crippen MR) is 122 cm³/mol. The van der Waals surface area contributed by atoms with Crippen molar-refractivity contribution in [1.29, 1.82) is 0 Å². The molecule has 5 nitrogen and oxygen atoms in total. The van der Waals surface area contributed by atoms with Crippen molar-refractivity contribution in [3.8, 4) is 0 Å². The zero-order chi connectivity index (χ0) is 22.0. The lowest BCUT2D eigenvalue weighted by molar-refractivity contribution is -0.0912. The maximum absolute atomic E-state index is 11.7. The van der Waals surface area contributed by atoms with Crippen LogP contribution < -0.4 is 0 Å². The Balaban J connectivity index is 1.55. The van der Waals surface area contributed by atoms with Gasteiger partial charge in [-0.3, -0.25) is 4.90 Å². The molecule has 0 bridgehead atoms. The standard InChI is InChI=1S/C26H42N2O3/c1-17(27-31)26(28-13-5-4-6-14-28)23(30)16-22-20-8-7-18-15-19(29)9-11-24(18,2)21(20)10-12-25(22,26)3/h7,19-23,29-31H,4-6,8-16H2,1-3H3/t19-,20-,21-,22+,23+,24-,25-,26-/m0/s1. The molecule has 174 valence electrons. The molecule has 0 unspecified atom stereocenters. The minimum absolute atomic E-state index is 0.0862. The van der Waals surface area contributed by atoms with Gasteiger partial charge in [-0.15, -0.1) is 0 Å². The topological polar surface area (TPSA) is 76.3 Å². The fraction of sp³-hybridized carbons (Fsp3) is 0.885. The van der Waals surface area contributed by atoms with Crippen molar-refractivity contribution < 1.29 is 15.4 Å². The third kappa shape index (κ3) is 2.81. The molecule has 0 amide bonds. The number of fused-ring (bicyclic) bond motifs is 5. The zero-order valence-electron chi connectivity index (χ0n) is 19.7. The molecule has 1 aliphatic heterocycles. The predicted octanol–water partition coefficient (Wildman–Crippen LogP) is 4.36. The van der Waals surface area contributed by atoms with E-state index >= 15 is 0 Å². The van der Waals surface area contributed by atoms with Gasteiger partial charge in [-0.25, -0.2) is 0 Å². The van der Waals surface area contributed by atoms with Crippen molar-refractivity contribution in [3.63, 3.8) is 0 Å². The molecular weight excluding hydrogens is 388 g/mol. The maximum Gasteiger partial charge on any atom is 0.0943 e. The van der Waals surface area contributed by atoms with Crippen molar-refractivity contribution >= 4 is 5.71 Å². The van der Waals surface area contributed by atoms with E-state index < -0.39 is 11.6 Å². The third-order valence-electron chi connectivity index (χ3n) is 10.9. The maximum atomic E-state index is 11.7. The molecular formula is C26H42N2O3. The van der Waals surface area contributed by atoms with Gasteiger partial charge in [-0.05, 0) is 106 Å². The van der Waals surface area contributed by atoms with Crippen LogP contribution in [0.2, 0.25) is 0 Å². The summed E-state index contributed by atoms with van der Waals surface area (Å²) in [5, 5.41) is 35.8. The fourth-order valence-electron chi connectivity index (χ4n) is 9.44. The molecule has 0 aromatic carbocycles. The van der Waals surface area contributed by atoms with Crippen LogP contribution in [-0.4, -0.2) is 56.9 Å². The first-order valence-electron chi connectivity index (χ1n) is 12.8. The van der Waals surface area contributed by atoms with Crippen LogP contribution in [0.3, 0.4) is 0 Å². The second-order valence-corrected chi connectivity index (χ2v) is 11.9. The minimum Gasteiger partial charge on any atom is -0.411 e. The molecule has 5 heteroatoms.